The number of aliphatic carboxylic acids is 1. The molecular weight excluding hydrogens is 182 g/mol. The summed E-state index contributed by atoms with van der Waals surface area (Å²) in [7, 11) is 0. The predicted octanol–water partition coefficient (Wildman–Crippen LogP) is 0.482. The van der Waals surface area contributed by atoms with Crippen molar-refractivity contribution in [2.75, 3.05) is 5.73 Å². The van der Waals surface area contributed by atoms with Gasteiger partial charge in [0.1, 0.15) is 11.6 Å². The average Bonchev–Trinajstić information content (AvgIpc) is 2.47. The molecule has 3 N–H and O–H groups in total. The van der Waals surface area contributed by atoms with Gasteiger partial charge in [-0.25, -0.2) is 9.97 Å². The Morgan fingerprint density at radius 2 is 2.29 bits per heavy atom. The lowest BCUT2D eigenvalue weighted by molar-refractivity contribution is -0.138. The van der Waals surface area contributed by atoms with E-state index in [1.165, 1.54) is 0 Å². The fraction of sp³-hybridized carbons (Fsp3) is 0.444. The Kier molecular flexibility index (Phi) is 1.87. The van der Waals surface area contributed by atoms with Gasteiger partial charge in [-0.2, -0.15) is 0 Å². The fourth-order valence-electron chi connectivity index (χ4n) is 1.91. The molecule has 0 spiro atoms. The minimum Gasteiger partial charge on any atom is -0.481 e. The number of anilines is 1. The molecule has 5 heteroatoms. The number of nitrogens with zero attached hydrogens (tertiary/aromatic N) is 2. The van der Waals surface area contributed by atoms with E-state index < -0.39 is 11.9 Å². The van der Waals surface area contributed by atoms with Crippen LogP contribution in [0.1, 0.15) is 29.4 Å². The molecule has 0 aliphatic heterocycles. The fourth-order valence-corrected chi connectivity index (χ4v) is 1.91. The van der Waals surface area contributed by atoms with E-state index in [0.29, 0.717) is 30.0 Å². The van der Waals surface area contributed by atoms with E-state index >= 15 is 0 Å². The highest BCUT2D eigenvalue weighted by molar-refractivity contribution is 5.79. The number of nitrogen functional groups attached to an aromatic ring is 1. The van der Waals surface area contributed by atoms with Crippen LogP contribution in [0.2, 0.25) is 0 Å². The second kappa shape index (κ2) is 2.94. The third-order valence-corrected chi connectivity index (χ3v) is 2.48. The molecule has 0 saturated heterocycles. The number of rotatable bonds is 1. The first-order valence-electron chi connectivity index (χ1n) is 4.45. The summed E-state index contributed by atoms with van der Waals surface area (Å²) in [4.78, 5) is 19.1. The summed E-state index contributed by atoms with van der Waals surface area (Å²) in [6, 6.07) is 0. The Balaban J connectivity index is 2.54. The third-order valence-electron chi connectivity index (χ3n) is 2.48. The standard InChI is InChI=1S/C9H11N3O2/c1-4-11-6-3-2-5(9(13)14)7(6)8(10)12-4/h5H,2-3H2,1H3,(H,13,14)(H2,10,11,12). The smallest absolute Gasteiger partial charge is 0.311 e. The van der Waals surface area contributed by atoms with E-state index in [1.54, 1.807) is 6.92 Å². The summed E-state index contributed by atoms with van der Waals surface area (Å²) in [5, 5.41) is 8.94. The summed E-state index contributed by atoms with van der Waals surface area (Å²) < 4.78 is 0. The molecule has 2 rings (SSSR count). The summed E-state index contributed by atoms with van der Waals surface area (Å²) in [6.45, 7) is 1.75. The number of carboxylic acids is 1. The van der Waals surface area contributed by atoms with Gasteiger partial charge in [0.2, 0.25) is 0 Å². The predicted molar refractivity (Wildman–Crippen MR) is 49.9 cm³/mol. The van der Waals surface area contributed by atoms with Gasteiger partial charge in [-0.05, 0) is 19.8 Å². The SMILES string of the molecule is Cc1nc(N)c2c(n1)CCC2C(=O)O. The molecule has 1 heterocycles. The van der Waals surface area contributed by atoms with Crippen molar-refractivity contribution in [3.63, 3.8) is 0 Å². The Bertz CT molecular complexity index is 403. The maximum absolute atomic E-state index is 10.9. The lowest BCUT2D eigenvalue weighted by atomic mass is 10.0. The van der Waals surface area contributed by atoms with Crippen LogP contribution in [-0.4, -0.2) is 21.0 Å². The van der Waals surface area contributed by atoms with Gasteiger partial charge in [-0.1, -0.05) is 0 Å². The molecule has 1 aromatic rings. The molecule has 14 heavy (non-hydrogen) atoms. The summed E-state index contributed by atoms with van der Waals surface area (Å²) in [6.07, 6.45) is 1.26. The van der Waals surface area contributed by atoms with Gasteiger partial charge in [0.25, 0.3) is 0 Å². The first-order chi connectivity index (χ1) is 6.59. The van der Waals surface area contributed by atoms with E-state index in [1.807, 2.05) is 0 Å². The van der Waals surface area contributed by atoms with Crippen molar-refractivity contribution in [2.45, 2.75) is 25.7 Å². The minimum absolute atomic E-state index is 0.317. The lowest BCUT2D eigenvalue weighted by Gasteiger charge is -2.08. The number of nitrogens with two attached hydrogens (primary N) is 1. The van der Waals surface area contributed by atoms with Crippen LogP contribution in [0.25, 0.3) is 0 Å². The molecule has 1 aliphatic rings. The first-order valence-corrected chi connectivity index (χ1v) is 4.45. The topological polar surface area (TPSA) is 89.1 Å². The molecule has 0 radical (unpaired) electrons. The van der Waals surface area contributed by atoms with E-state index in [9.17, 15) is 4.79 Å². The zero-order valence-corrected chi connectivity index (χ0v) is 7.82. The van der Waals surface area contributed by atoms with E-state index in [0.717, 1.165) is 5.69 Å². The van der Waals surface area contributed by atoms with Gasteiger partial charge >= 0.3 is 5.97 Å². The van der Waals surface area contributed by atoms with Crippen LogP contribution in [0.5, 0.6) is 0 Å². The van der Waals surface area contributed by atoms with Crippen molar-refractivity contribution in [1.29, 1.82) is 0 Å². The van der Waals surface area contributed by atoms with Crippen LogP contribution in [-0.2, 0) is 11.2 Å². The van der Waals surface area contributed by atoms with E-state index in [-0.39, 0.29) is 0 Å². The van der Waals surface area contributed by atoms with Crippen molar-refractivity contribution in [2.24, 2.45) is 0 Å². The molecule has 0 saturated carbocycles. The minimum atomic E-state index is -0.845. The van der Waals surface area contributed by atoms with Crippen LogP contribution >= 0.6 is 0 Å². The van der Waals surface area contributed by atoms with Crippen LogP contribution in [0.4, 0.5) is 5.82 Å². The number of aromatic nitrogens is 2. The molecule has 0 amide bonds. The number of fused-ring (bicyclic) bond motifs is 1. The van der Waals surface area contributed by atoms with Crippen LogP contribution in [0.3, 0.4) is 0 Å². The monoisotopic (exact) mass is 193 g/mol. The normalized spacial score (nSPS) is 19.4. The van der Waals surface area contributed by atoms with Crippen LogP contribution in [0, 0.1) is 6.92 Å². The van der Waals surface area contributed by atoms with Crippen LogP contribution < -0.4 is 5.73 Å². The maximum atomic E-state index is 10.9. The molecule has 0 bridgehead atoms. The van der Waals surface area contributed by atoms with Crippen LogP contribution in [0.15, 0.2) is 0 Å². The first kappa shape index (κ1) is 8.93. The molecule has 5 nitrogen and oxygen atoms in total. The highest BCUT2D eigenvalue weighted by Crippen LogP contribution is 2.35. The van der Waals surface area contributed by atoms with Gasteiger partial charge in [0, 0.05) is 5.56 Å². The number of aryl methyl sites for hydroxylation is 2. The zero-order valence-electron chi connectivity index (χ0n) is 7.82. The Labute approximate surface area is 81.0 Å². The highest BCUT2D eigenvalue weighted by atomic mass is 16.4. The third kappa shape index (κ3) is 1.21. The highest BCUT2D eigenvalue weighted by Gasteiger charge is 2.32. The van der Waals surface area contributed by atoms with E-state index in [2.05, 4.69) is 9.97 Å². The second-order valence-corrected chi connectivity index (χ2v) is 3.45. The van der Waals surface area contributed by atoms with Gasteiger partial charge in [0.05, 0.1) is 11.6 Å². The number of hydrogen-bond acceptors (Lipinski definition) is 4. The molecule has 1 aromatic heterocycles. The molecule has 0 aromatic carbocycles. The summed E-state index contributed by atoms with van der Waals surface area (Å²) in [5.74, 6) is -0.446. The average molecular weight is 193 g/mol. The van der Waals surface area contributed by atoms with Crippen molar-refractivity contribution in [3.8, 4) is 0 Å². The van der Waals surface area contributed by atoms with Gasteiger partial charge in [0.15, 0.2) is 0 Å². The quantitative estimate of drug-likeness (QED) is 0.677. The molecule has 74 valence electrons. The molecular formula is C9H11N3O2. The van der Waals surface area contributed by atoms with E-state index in [4.69, 9.17) is 10.8 Å². The summed E-state index contributed by atoms with van der Waals surface area (Å²) >= 11 is 0. The lowest BCUT2D eigenvalue weighted by Crippen LogP contribution is -2.12. The Hall–Kier alpha value is -1.65. The number of hydrogen-bond donors (Lipinski definition) is 2. The molecule has 1 aliphatic carbocycles. The zero-order chi connectivity index (χ0) is 10.3. The van der Waals surface area contributed by atoms with Crippen molar-refractivity contribution < 1.29 is 9.90 Å². The largest absolute Gasteiger partial charge is 0.481 e. The molecule has 1 atom stereocenters. The van der Waals surface area contributed by atoms with Gasteiger partial charge in [-0.3, -0.25) is 4.79 Å². The number of carboxylic acid groups (broad SMARTS) is 1. The summed E-state index contributed by atoms with van der Waals surface area (Å²) in [5.41, 5.74) is 7.09. The second-order valence-electron chi connectivity index (χ2n) is 3.45. The van der Waals surface area contributed by atoms with Gasteiger partial charge < -0.3 is 10.8 Å². The van der Waals surface area contributed by atoms with Crippen molar-refractivity contribution in [3.05, 3.63) is 17.1 Å². The molecule has 0 fully saturated rings. The number of carbonyl (C=O) groups is 1. The van der Waals surface area contributed by atoms with Crippen molar-refractivity contribution in [1.82, 2.24) is 9.97 Å². The van der Waals surface area contributed by atoms with Crippen molar-refractivity contribution >= 4 is 11.8 Å². The molecule has 1 unspecified atom stereocenters. The van der Waals surface area contributed by atoms with Gasteiger partial charge in [-0.15, -0.1) is 0 Å². The maximum Gasteiger partial charge on any atom is 0.311 e. The Morgan fingerprint density at radius 3 is 2.93 bits per heavy atom. The Morgan fingerprint density at radius 1 is 1.57 bits per heavy atom.